The number of unbranched alkanes of at least 4 members (excludes halogenated alkanes) is 4. The Morgan fingerprint density at radius 3 is 2.11 bits per heavy atom. The number of hydrogen-bond acceptors (Lipinski definition) is 3. The van der Waals surface area contributed by atoms with Gasteiger partial charge in [0.2, 0.25) is 0 Å². The summed E-state index contributed by atoms with van der Waals surface area (Å²) in [7, 11) is 0. The van der Waals surface area contributed by atoms with E-state index < -0.39 is 5.97 Å². The van der Waals surface area contributed by atoms with Crippen molar-refractivity contribution in [3.8, 4) is 0 Å². The Kier molecular flexibility index (Phi) is 9.06. The van der Waals surface area contributed by atoms with Crippen LogP contribution in [0.4, 0.5) is 0 Å². The van der Waals surface area contributed by atoms with E-state index in [1.54, 1.807) is 0 Å². The zero-order chi connectivity index (χ0) is 19.5. The van der Waals surface area contributed by atoms with Crippen molar-refractivity contribution in [3.05, 3.63) is 59.7 Å². The van der Waals surface area contributed by atoms with E-state index in [2.05, 4.69) is 49.9 Å². The minimum Gasteiger partial charge on any atom is -0.462 e. The van der Waals surface area contributed by atoms with Crippen molar-refractivity contribution in [2.45, 2.75) is 58.3 Å². The molecule has 0 aliphatic carbocycles. The lowest BCUT2D eigenvalue weighted by Crippen LogP contribution is -2.11. The third-order valence-electron chi connectivity index (χ3n) is 4.86. The molecule has 0 aliphatic rings. The molecular formula is C24H32O3. The molecule has 27 heavy (non-hydrogen) atoms. The molecule has 3 nitrogen and oxygen atoms in total. The Balaban J connectivity index is 1.82. The van der Waals surface area contributed by atoms with Gasteiger partial charge in [-0.3, -0.25) is 0 Å². The van der Waals surface area contributed by atoms with Crippen LogP contribution in [0.3, 0.4) is 0 Å². The van der Waals surface area contributed by atoms with Crippen LogP contribution in [0.25, 0.3) is 10.8 Å². The first-order chi connectivity index (χ1) is 13.1. The number of carbonyl (C=O) groups is 1. The predicted molar refractivity (Wildman–Crippen MR) is 112 cm³/mol. The summed E-state index contributed by atoms with van der Waals surface area (Å²) in [4.78, 5) is 11.4. The summed E-state index contributed by atoms with van der Waals surface area (Å²) >= 11 is 0. The number of aliphatic hydroxyl groups excluding tert-OH is 1. The minimum atomic E-state index is -0.516. The number of esters is 1. The van der Waals surface area contributed by atoms with Crippen molar-refractivity contribution >= 4 is 16.7 Å². The van der Waals surface area contributed by atoms with Crippen LogP contribution in [0, 0.1) is 0 Å². The lowest BCUT2D eigenvalue weighted by molar-refractivity contribution is -0.139. The Morgan fingerprint density at radius 2 is 1.52 bits per heavy atom. The van der Waals surface area contributed by atoms with Crippen molar-refractivity contribution < 1.29 is 14.6 Å². The van der Waals surface area contributed by atoms with E-state index in [9.17, 15) is 4.79 Å². The smallest absolute Gasteiger partial charge is 0.335 e. The maximum absolute atomic E-state index is 11.4. The van der Waals surface area contributed by atoms with Crippen molar-refractivity contribution in [1.82, 2.24) is 0 Å². The highest BCUT2D eigenvalue weighted by atomic mass is 16.5. The number of aryl methyl sites for hydroxylation is 2. The maximum atomic E-state index is 11.4. The molecule has 0 amide bonds. The van der Waals surface area contributed by atoms with Crippen LogP contribution >= 0.6 is 0 Å². The molecule has 0 bridgehead atoms. The standard InChI is InChI=1S/C24H32O3/c1-3-4-5-6-7-9-20-11-13-23-17-21(12-14-22(23)16-20)10-8-15-27-24(26)19(2)18-25/h11-14,16-17,25H,2-10,15,18H2,1H3. The van der Waals surface area contributed by atoms with Gasteiger partial charge in [-0.05, 0) is 47.6 Å². The van der Waals surface area contributed by atoms with Crippen molar-refractivity contribution in [2.24, 2.45) is 0 Å². The number of ether oxygens (including phenoxy) is 1. The van der Waals surface area contributed by atoms with Gasteiger partial charge < -0.3 is 9.84 Å². The summed E-state index contributed by atoms with van der Waals surface area (Å²) in [6.45, 7) is 5.69. The number of carbonyl (C=O) groups excluding carboxylic acids is 1. The highest BCUT2D eigenvalue weighted by Crippen LogP contribution is 2.20. The largest absolute Gasteiger partial charge is 0.462 e. The van der Waals surface area contributed by atoms with Crippen LogP contribution in [0.15, 0.2) is 48.6 Å². The van der Waals surface area contributed by atoms with E-state index in [1.165, 1.54) is 54.0 Å². The lowest BCUT2D eigenvalue weighted by Gasteiger charge is -2.08. The third kappa shape index (κ3) is 7.18. The minimum absolute atomic E-state index is 0.0990. The monoisotopic (exact) mass is 368 g/mol. The molecule has 0 aliphatic heterocycles. The van der Waals surface area contributed by atoms with Crippen LogP contribution in [0.1, 0.15) is 56.6 Å². The Bertz CT molecular complexity index is 748. The molecule has 0 spiro atoms. The van der Waals surface area contributed by atoms with E-state index in [-0.39, 0.29) is 12.2 Å². The van der Waals surface area contributed by atoms with E-state index in [0.717, 1.165) is 19.3 Å². The molecule has 0 unspecified atom stereocenters. The highest BCUT2D eigenvalue weighted by molar-refractivity contribution is 5.87. The second kappa shape index (κ2) is 11.6. The Hall–Kier alpha value is -2.13. The van der Waals surface area contributed by atoms with E-state index in [4.69, 9.17) is 9.84 Å². The van der Waals surface area contributed by atoms with Crippen LogP contribution in [0.2, 0.25) is 0 Å². The van der Waals surface area contributed by atoms with Gasteiger partial charge in [0.25, 0.3) is 0 Å². The van der Waals surface area contributed by atoms with Gasteiger partial charge in [0.1, 0.15) is 0 Å². The van der Waals surface area contributed by atoms with E-state index in [1.807, 2.05) is 0 Å². The molecule has 146 valence electrons. The molecule has 0 atom stereocenters. The summed E-state index contributed by atoms with van der Waals surface area (Å²) in [6, 6.07) is 13.3. The molecule has 0 heterocycles. The maximum Gasteiger partial charge on any atom is 0.335 e. The number of aliphatic hydroxyl groups is 1. The van der Waals surface area contributed by atoms with Crippen molar-refractivity contribution in [3.63, 3.8) is 0 Å². The van der Waals surface area contributed by atoms with Crippen molar-refractivity contribution in [1.29, 1.82) is 0 Å². The SMILES string of the molecule is C=C(CO)C(=O)OCCCc1ccc2cc(CCCCCCC)ccc2c1. The molecule has 2 aromatic rings. The quantitative estimate of drug-likeness (QED) is 0.311. The van der Waals surface area contributed by atoms with Gasteiger partial charge in [-0.1, -0.05) is 75.6 Å². The number of rotatable bonds is 12. The van der Waals surface area contributed by atoms with E-state index in [0.29, 0.717) is 6.61 Å². The molecule has 0 saturated carbocycles. The van der Waals surface area contributed by atoms with Gasteiger partial charge in [-0.2, -0.15) is 0 Å². The summed E-state index contributed by atoms with van der Waals surface area (Å²) in [5.41, 5.74) is 2.76. The van der Waals surface area contributed by atoms with Gasteiger partial charge in [0, 0.05) is 0 Å². The molecular weight excluding hydrogens is 336 g/mol. The van der Waals surface area contributed by atoms with Crippen LogP contribution in [-0.2, 0) is 22.4 Å². The van der Waals surface area contributed by atoms with Crippen LogP contribution in [0.5, 0.6) is 0 Å². The zero-order valence-electron chi connectivity index (χ0n) is 16.5. The number of fused-ring (bicyclic) bond motifs is 1. The van der Waals surface area contributed by atoms with E-state index >= 15 is 0 Å². The second-order valence-electron chi connectivity index (χ2n) is 7.18. The van der Waals surface area contributed by atoms with Crippen LogP contribution in [-0.4, -0.2) is 24.3 Å². The van der Waals surface area contributed by atoms with Gasteiger partial charge in [0.05, 0.1) is 18.8 Å². The normalized spacial score (nSPS) is 10.9. The predicted octanol–water partition coefficient (Wildman–Crippen LogP) is 5.38. The first kappa shape index (κ1) is 21.2. The molecule has 0 saturated heterocycles. The average molecular weight is 369 g/mol. The number of hydrogen-bond donors (Lipinski definition) is 1. The molecule has 1 N–H and O–H groups in total. The fourth-order valence-electron chi connectivity index (χ4n) is 3.20. The van der Waals surface area contributed by atoms with Crippen molar-refractivity contribution in [2.75, 3.05) is 13.2 Å². The fraction of sp³-hybridized carbons (Fsp3) is 0.458. The molecule has 0 fully saturated rings. The Morgan fingerprint density at radius 1 is 0.926 bits per heavy atom. The first-order valence-electron chi connectivity index (χ1n) is 10.1. The van der Waals surface area contributed by atoms with Gasteiger partial charge in [0.15, 0.2) is 0 Å². The topological polar surface area (TPSA) is 46.5 Å². The molecule has 2 rings (SSSR count). The molecule has 3 heteroatoms. The molecule has 0 radical (unpaired) electrons. The zero-order valence-corrected chi connectivity index (χ0v) is 16.5. The second-order valence-corrected chi connectivity index (χ2v) is 7.18. The summed E-state index contributed by atoms with van der Waals surface area (Å²) in [5.74, 6) is -0.516. The Labute approximate surface area is 163 Å². The fourth-order valence-corrected chi connectivity index (χ4v) is 3.20. The number of benzene rings is 2. The summed E-state index contributed by atoms with van der Waals surface area (Å²) in [6.07, 6.45) is 9.34. The summed E-state index contributed by atoms with van der Waals surface area (Å²) in [5, 5.41) is 11.4. The average Bonchev–Trinajstić information content (AvgIpc) is 2.70. The molecule has 0 aromatic heterocycles. The van der Waals surface area contributed by atoms with Crippen LogP contribution < -0.4 is 0 Å². The first-order valence-corrected chi connectivity index (χ1v) is 10.1. The molecule has 2 aromatic carbocycles. The van der Waals surface area contributed by atoms with Gasteiger partial charge in [-0.25, -0.2) is 4.79 Å². The summed E-state index contributed by atoms with van der Waals surface area (Å²) < 4.78 is 5.08. The third-order valence-corrected chi connectivity index (χ3v) is 4.86. The van der Waals surface area contributed by atoms with Gasteiger partial charge >= 0.3 is 5.97 Å². The highest BCUT2D eigenvalue weighted by Gasteiger charge is 2.06. The van der Waals surface area contributed by atoms with Gasteiger partial charge in [-0.15, -0.1) is 0 Å². The lowest BCUT2D eigenvalue weighted by atomic mass is 9.99.